The van der Waals surface area contributed by atoms with Crippen molar-refractivity contribution in [1.82, 2.24) is 20.3 Å². The Morgan fingerprint density at radius 2 is 2.35 bits per heavy atom. The van der Waals surface area contributed by atoms with Crippen molar-refractivity contribution in [3.8, 4) is 0 Å². The van der Waals surface area contributed by atoms with E-state index in [9.17, 15) is 4.79 Å². The van der Waals surface area contributed by atoms with Crippen molar-refractivity contribution in [2.45, 2.75) is 25.4 Å². The highest BCUT2D eigenvalue weighted by Crippen LogP contribution is 2.24. The minimum atomic E-state index is -0.154. The third-order valence-corrected chi connectivity index (χ3v) is 3.42. The van der Waals surface area contributed by atoms with Gasteiger partial charge in [0.1, 0.15) is 6.04 Å². The van der Waals surface area contributed by atoms with Crippen LogP contribution in [0.4, 0.5) is 5.69 Å². The van der Waals surface area contributed by atoms with E-state index < -0.39 is 0 Å². The fraction of sp³-hybridized carbons (Fsp3) is 0.357. The van der Waals surface area contributed by atoms with Crippen LogP contribution >= 0.6 is 0 Å². The summed E-state index contributed by atoms with van der Waals surface area (Å²) in [6.07, 6.45) is 5.06. The van der Waals surface area contributed by atoms with Crippen molar-refractivity contribution in [2.75, 3.05) is 11.9 Å². The van der Waals surface area contributed by atoms with Crippen molar-refractivity contribution in [3.05, 3.63) is 42.2 Å². The molecule has 0 saturated heterocycles. The van der Waals surface area contributed by atoms with Crippen LogP contribution < -0.4 is 10.6 Å². The molecular weight excluding hydrogens is 254 g/mol. The molecule has 1 aromatic carbocycles. The first kappa shape index (κ1) is 12.7. The molecule has 0 aliphatic carbocycles. The Bertz CT molecular complexity index is 556. The third-order valence-electron chi connectivity index (χ3n) is 3.42. The predicted molar refractivity (Wildman–Crippen MR) is 75.2 cm³/mol. The number of nitrogens with zero attached hydrogens (tertiary/aromatic N) is 3. The molecular formula is C14H17N5O. The van der Waals surface area contributed by atoms with Gasteiger partial charge in [-0.05, 0) is 18.1 Å². The van der Waals surface area contributed by atoms with Gasteiger partial charge >= 0.3 is 0 Å². The first-order valence-electron chi connectivity index (χ1n) is 6.79. The molecule has 0 bridgehead atoms. The molecule has 2 aromatic rings. The summed E-state index contributed by atoms with van der Waals surface area (Å²) >= 11 is 0. The molecule has 1 unspecified atom stereocenters. The van der Waals surface area contributed by atoms with Gasteiger partial charge in [0.25, 0.3) is 0 Å². The van der Waals surface area contributed by atoms with E-state index in [4.69, 9.17) is 0 Å². The molecule has 0 saturated carbocycles. The zero-order chi connectivity index (χ0) is 13.8. The van der Waals surface area contributed by atoms with E-state index in [0.717, 1.165) is 25.1 Å². The highest BCUT2D eigenvalue weighted by molar-refractivity contribution is 5.87. The summed E-state index contributed by atoms with van der Waals surface area (Å²) in [7, 11) is 0. The Morgan fingerprint density at radius 1 is 1.45 bits per heavy atom. The monoisotopic (exact) mass is 271 g/mol. The summed E-state index contributed by atoms with van der Waals surface area (Å²) in [4.78, 5) is 12.1. The molecule has 6 heteroatoms. The normalized spacial score (nSPS) is 16.5. The molecule has 1 atom stereocenters. The Labute approximate surface area is 117 Å². The summed E-state index contributed by atoms with van der Waals surface area (Å²) in [6, 6.07) is 7.88. The van der Waals surface area contributed by atoms with Crippen LogP contribution in [0.2, 0.25) is 0 Å². The Hall–Kier alpha value is -2.37. The highest BCUT2D eigenvalue weighted by atomic mass is 16.2. The van der Waals surface area contributed by atoms with Crippen molar-refractivity contribution in [3.63, 3.8) is 0 Å². The van der Waals surface area contributed by atoms with Crippen LogP contribution in [0.5, 0.6) is 0 Å². The number of amides is 1. The fourth-order valence-electron chi connectivity index (χ4n) is 2.38. The van der Waals surface area contributed by atoms with Gasteiger partial charge in [-0.2, -0.15) is 0 Å². The lowest BCUT2D eigenvalue weighted by Gasteiger charge is -2.11. The fourth-order valence-corrected chi connectivity index (χ4v) is 2.38. The van der Waals surface area contributed by atoms with Gasteiger partial charge in [0.15, 0.2) is 0 Å². The second kappa shape index (κ2) is 5.73. The SMILES string of the molecule is O=C(NCCCn1ccnn1)C1Cc2ccccc2N1. The van der Waals surface area contributed by atoms with Gasteiger partial charge in [-0.3, -0.25) is 9.48 Å². The average molecular weight is 271 g/mol. The maximum Gasteiger partial charge on any atom is 0.242 e. The number of benzene rings is 1. The van der Waals surface area contributed by atoms with Crippen molar-refractivity contribution in [2.24, 2.45) is 0 Å². The second-order valence-electron chi connectivity index (χ2n) is 4.87. The van der Waals surface area contributed by atoms with E-state index in [1.807, 2.05) is 24.4 Å². The summed E-state index contributed by atoms with van der Waals surface area (Å²) in [5.41, 5.74) is 2.27. The van der Waals surface area contributed by atoms with E-state index in [1.54, 1.807) is 10.9 Å². The summed E-state index contributed by atoms with van der Waals surface area (Å²) in [5, 5.41) is 13.8. The summed E-state index contributed by atoms with van der Waals surface area (Å²) in [6.45, 7) is 1.41. The molecule has 1 amide bonds. The van der Waals surface area contributed by atoms with Crippen LogP contribution in [-0.4, -0.2) is 33.5 Å². The van der Waals surface area contributed by atoms with Crippen molar-refractivity contribution < 1.29 is 4.79 Å². The molecule has 1 aliphatic rings. The number of hydrogen-bond acceptors (Lipinski definition) is 4. The van der Waals surface area contributed by atoms with E-state index in [1.165, 1.54) is 5.56 Å². The Kier molecular flexibility index (Phi) is 3.62. The first-order chi connectivity index (χ1) is 9.83. The molecule has 104 valence electrons. The van der Waals surface area contributed by atoms with E-state index in [-0.39, 0.29) is 11.9 Å². The highest BCUT2D eigenvalue weighted by Gasteiger charge is 2.25. The van der Waals surface area contributed by atoms with E-state index in [0.29, 0.717) is 6.54 Å². The number of nitrogens with one attached hydrogen (secondary N) is 2. The first-order valence-corrected chi connectivity index (χ1v) is 6.79. The van der Waals surface area contributed by atoms with Gasteiger partial charge in [0.2, 0.25) is 5.91 Å². The van der Waals surface area contributed by atoms with Crippen LogP contribution in [0.1, 0.15) is 12.0 Å². The number of hydrogen-bond donors (Lipinski definition) is 2. The molecule has 0 spiro atoms. The minimum absolute atomic E-state index is 0.0554. The number of carbonyl (C=O) groups excluding carboxylic acids is 1. The van der Waals surface area contributed by atoms with Crippen LogP contribution in [0.15, 0.2) is 36.7 Å². The van der Waals surface area contributed by atoms with Crippen molar-refractivity contribution >= 4 is 11.6 Å². The summed E-state index contributed by atoms with van der Waals surface area (Å²) < 4.78 is 1.76. The lowest BCUT2D eigenvalue weighted by atomic mass is 10.1. The van der Waals surface area contributed by atoms with Crippen molar-refractivity contribution in [1.29, 1.82) is 0 Å². The van der Waals surface area contributed by atoms with Gasteiger partial charge < -0.3 is 10.6 Å². The Morgan fingerprint density at radius 3 is 3.15 bits per heavy atom. The lowest BCUT2D eigenvalue weighted by molar-refractivity contribution is -0.121. The molecule has 0 fully saturated rings. The molecule has 1 aliphatic heterocycles. The number of aromatic nitrogens is 3. The van der Waals surface area contributed by atoms with Gasteiger partial charge in [-0.1, -0.05) is 23.4 Å². The smallest absolute Gasteiger partial charge is 0.242 e. The third kappa shape index (κ3) is 2.79. The molecule has 3 rings (SSSR count). The standard InChI is InChI=1S/C14H17N5O/c20-14(15-6-3-8-19-9-7-16-18-19)13-10-11-4-1-2-5-12(11)17-13/h1-2,4-5,7,9,13,17H,3,6,8,10H2,(H,15,20). The molecule has 2 heterocycles. The second-order valence-corrected chi connectivity index (χ2v) is 4.87. The van der Waals surface area contributed by atoms with E-state index >= 15 is 0 Å². The zero-order valence-corrected chi connectivity index (χ0v) is 11.1. The van der Waals surface area contributed by atoms with Gasteiger partial charge in [-0.25, -0.2) is 0 Å². The van der Waals surface area contributed by atoms with Gasteiger partial charge in [-0.15, -0.1) is 5.10 Å². The number of rotatable bonds is 5. The van der Waals surface area contributed by atoms with Crippen LogP contribution in [0, 0.1) is 0 Å². The number of para-hydroxylation sites is 1. The minimum Gasteiger partial charge on any atom is -0.373 e. The summed E-state index contributed by atoms with van der Waals surface area (Å²) in [5.74, 6) is 0.0554. The van der Waals surface area contributed by atoms with Gasteiger partial charge in [0.05, 0.1) is 6.20 Å². The predicted octanol–water partition coefficient (Wildman–Crippen LogP) is 0.821. The Balaban J connectivity index is 1.42. The number of carbonyl (C=O) groups is 1. The van der Waals surface area contributed by atoms with Crippen LogP contribution in [0.3, 0.4) is 0 Å². The molecule has 2 N–H and O–H groups in total. The van der Waals surface area contributed by atoms with Crippen LogP contribution in [0.25, 0.3) is 0 Å². The topological polar surface area (TPSA) is 71.8 Å². The largest absolute Gasteiger partial charge is 0.373 e. The van der Waals surface area contributed by atoms with E-state index in [2.05, 4.69) is 27.0 Å². The number of anilines is 1. The average Bonchev–Trinajstić information content (AvgIpc) is 3.12. The molecule has 6 nitrogen and oxygen atoms in total. The number of fused-ring (bicyclic) bond motifs is 1. The zero-order valence-electron chi connectivity index (χ0n) is 11.1. The lowest BCUT2D eigenvalue weighted by Crippen LogP contribution is -2.39. The number of aryl methyl sites for hydroxylation is 1. The van der Waals surface area contributed by atoms with Gasteiger partial charge in [0, 0.05) is 31.4 Å². The maximum absolute atomic E-state index is 12.1. The van der Waals surface area contributed by atoms with Crippen LogP contribution in [-0.2, 0) is 17.8 Å². The molecule has 1 aromatic heterocycles. The molecule has 0 radical (unpaired) electrons. The maximum atomic E-state index is 12.1. The quantitative estimate of drug-likeness (QED) is 0.790. The molecule has 20 heavy (non-hydrogen) atoms.